The first-order valence-corrected chi connectivity index (χ1v) is 11.2. The van der Waals surface area contributed by atoms with Crippen LogP contribution < -0.4 is 15.5 Å². The molecule has 0 aliphatic heterocycles. The van der Waals surface area contributed by atoms with Gasteiger partial charge in [0.25, 0.3) is 0 Å². The molecule has 0 saturated heterocycles. The van der Waals surface area contributed by atoms with Crippen molar-refractivity contribution in [2.24, 2.45) is 5.92 Å². The summed E-state index contributed by atoms with van der Waals surface area (Å²) in [4.78, 5) is 23.9. The molecule has 3 aromatic rings. The fraction of sp³-hybridized carbons (Fsp3) is 0.375. The lowest BCUT2D eigenvalue weighted by Gasteiger charge is -2.28. The van der Waals surface area contributed by atoms with Gasteiger partial charge in [-0.05, 0) is 49.9 Å². The molecule has 2 aromatic carbocycles. The Hall–Kier alpha value is -2.93. The topological polar surface area (TPSA) is 70.2 Å². The maximum Gasteiger partial charge on any atom is 0.225 e. The predicted octanol–water partition coefficient (Wildman–Crippen LogP) is 4.78. The van der Waals surface area contributed by atoms with E-state index in [4.69, 9.17) is 16.6 Å². The summed E-state index contributed by atoms with van der Waals surface area (Å²) in [6.07, 6.45) is 3.23. The third-order valence-corrected chi connectivity index (χ3v) is 6.14. The van der Waals surface area contributed by atoms with Gasteiger partial charge in [0.2, 0.25) is 11.9 Å². The first kappa shape index (κ1) is 22.3. The van der Waals surface area contributed by atoms with Crippen LogP contribution in [0.4, 0.5) is 16.2 Å². The van der Waals surface area contributed by atoms with Crippen LogP contribution in [0.5, 0.6) is 0 Å². The average molecular weight is 456 g/mol. The Balaban J connectivity index is 1.33. The van der Waals surface area contributed by atoms with Crippen molar-refractivity contribution >= 4 is 40.2 Å². The molecule has 1 fully saturated rings. The number of rotatable bonds is 6. The number of nitrogens with zero attached hydrogens (tertiary/aromatic N) is 3. The van der Waals surface area contributed by atoms with E-state index in [1.807, 2.05) is 43.3 Å². The van der Waals surface area contributed by atoms with Gasteiger partial charge in [0.15, 0.2) is 0 Å². The van der Waals surface area contributed by atoms with Crippen LogP contribution in [-0.2, 0) is 11.3 Å². The summed E-state index contributed by atoms with van der Waals surface area (Å²) in [6.45, 7) is 0.165. The van der Waals surface area contributed by atoms with Crippen LogP contribution in [0, 0.1) is 11.7 Å². The number of para-hydroxylation sites is 1. The van der Waals surface area contributed by atoms with Crippen LogP contribution in [0.1, 0.15) is 31.2 Å². The number of carbonyl (C=O) groups excluding carboxylic acids is 1. The van der Waals surface area contributed by atoms with Gasteiger partial charge in [0.1, 0.15) is 11.6 Å². The Morgan fingerprint density at radius 3 is 2.59 bits per heavy atom. The van der Waals surface area contributed by atoms with E-state index >= 15 is 0 Å². The Morgan fingerprint density at radius 1 is 1.12 bits per heavy atom. The van der Waals surface area contributed by atoms with Crippen molar-refractivity contribution in [3.63, 3.8) is 0 Å². The lowest BCUT2D eigenvalue weighted by molar-refractivity contribution is -0.126. The molecule has 0 unspecified atom stereocenters. The lowest BCUT2D eigenvalue weighted by atomic mass is 9.85. The molecule has 1 aromatic heterocycles. The zero-order valence-corrected chi connectivity index (χ0v) is 19.0. The molecule has 4 rings (SSSR count). The van der Waals surface area contributed by atoms with Gasteiger partial charge in [-0.25, -0.2) is 9.37 Å². The predicted molar refractivity (Wildman–Crippen MR) is 126 cm³/mol. The van der Waals surface area contributed by atoms with E-state index in [0.29, 0.717) is 16.5 Å². The molecule has 1 heterocycles. The molecule has 1 amide bonds. The standard InChI is InChI=1S/C24H27ClFN5O/c1-31(2)22-19-5-3-4-6-21(19)29-24(30-22)28-18-11-8-15(9-12-18)23(32)27-14-16-7-10-17(25)13-20(16)26/h3-7,10,13,15,18H,8-9,11-12,14H2,1-2H3,(H,27,32)(H,28,29,30). The molecular formula is C24H27ClFN5O. The number of amides is 1. The summed E-state index contributed by atoms with van der Waals surface area (Å²) in [5.74, 6) is 0.977. The molecule has 0 atom stereocenters. The second-order valence-corrected chi connectivity index (χ2v) is 8.87. The highest BCUT2D eigenvalue weighted by Gasteiger charge is 2.27. The van der Waals surface area contributed by atoms with E-state index in [2.05, 4.69) is 15.6 Å². The number of aromatic nitrogens is 2. The van der Waals surface area contributed by atoms with E-state index in [1.54, 1.807) is 12.1 Å². The minimum absolute atomic E-state index is 0.0327. The van der Waals surface area contributed by atoms with E-state index in [0.717, 1.165) is 42.4 Å². The molecule has 0 spiro atoms. The highest BCUT2D eigenvalue weighted by molar-refractivity contribution is 6.30. The van der Waals surface area contributed by atoms with Gasteiger partial charge in [-0.1, -0.05) is 29.8 Å². The molecular weight excluding hydrogens is 429 g/mol. The zero-order chi connectivity index (χ0) is 22.7. The van der Waals surface area contributed by atoms with Gasteiger partial charge in [0.05, 0.1) is 5.52 Å². The number of anilines is 2. The second kappa shape index (κ2) is 9.69. The van der Waals surface area contributed by atoms with E-state index in [9.17, 15) is 9.18 Å². The molecule has 1 aliphatic carbocycles. The van der Waals surface area contributed by atoms with Gasteiger partial charge in [0, 0.05) is 48.6 Å². The van der Waals surface area contributed by atoms with Gasteiger partial charge >= 0.3 is 0 Å². The number of hydrogen-bond donors (Lipinski definition) is 2. The normalized spacial score (nSPS) is 18.4. The molecule has 2 N–H and O–H groups in total. The van der Waals surface area contributed by atoms with Crippen molar-refractivity contribution in [3.05, 3.63) is 58.9 Å². The largest absolute Gasteiger partial charge is 0.362 e. The monoisotopic (exact) mass is 455 g/mol. The van der Waals surface area contributed by atoms with Gasteiger partial charge in [-0.3, -0.25) is 4.79 Å². The summed E-state index contributed by atoms with van der Waals surface area (Å²) in [6, 6.07) is 12.7. The summed E-state index contributed by atoms with van der Waals surface area (Å²) >= 11 is 5.78. The fourth-order valence-electron chi connectivity index (χ4n) is 4.14. The number of halogens is 2. The van der Waals surface area contributed by atoms with E-state index < -0.39 is 5.82 Å². The maximum absolute atomic E-state index is 13.9. The Morgan fingerprint density at radius 2 is 1.88 bits per heavy atom. The third kappa shape index (κ3) is 5.10. The number of benzene rings is 2. The van der Waals surface area contributed by atoms with Crippen LogP contribution in [0.25, 0.3) is 10.9 Å². The van der Waals surface area contributed by atoms with Gasteiger partial charge < -0.3 is 15.5 Å². The second-order valence-electron chi connectivity index (χ2n) is 8.43. The molecule has 1 saturated carbocycles. The Bertz CT molecular complexity index is 1110. The highest BCUT2D eigenvalue weighted by Crippen LogP contribution is 2.28. The van der Waals surface area contributed by atoms with Crippen LogP contribution in [0.15, 0.2) is 42.5 Å². The first-order valence-electron chi connectivity index (χ1n) is 10.8. The third-order valence-electron chi connectivity index (χ3n) is 5.91. The van der Waals surface area contributed by atoms with Crippen LogP contribution in [-0.4, -0.2) is 36.0 Å². The average Bonchev–Trinajstić information content (AvgIpc) is 2.78. The maximum atomic E-state index is 13.9. The fourth-order valence-corrected chi connectivity index (χ4v) is 4.30. The van der Waals surface area contributed by atoms with Crippen LogP contribution in [0.2, 0.25) is 5.02 Å². The van der Waals surface area contributed by atoms with Crippen molar-refractivity contribution in [1.29, 1.82) is 0 Å². The Labute approximate surface area is 192 Å². The SMILES string of the molecule is CN(C)c1nc(NC2CCC(C(=O)NCc3ccc(Cl)cc3F)CC2)nc2ccccc12. The smallest absolute Gasteiger partial charge is 0.225 e. The minimum atomic E-state index is -0.404. The van der Waals surface area contributed by atoms with Gasteiger partial charge in [-0.15, -0.1) is 0 Å². The quantitative estimate of drug-likeness (QED) is 0.560. The number of fused-ring (bicyclic) bond motifs is 1. The number of hydrogen-bond acceptors (Lipinski definition) is 5. The number of nitrogens with one attached hydrogen (secondary N) is 2. The summed E-state index contributed by atoms with van der Waals surface area (Å²) in [7, 11) is 3.94. The van der Waals surface area contributed by atoms with Gasteiger partial charge in [-0.2, -0.15) is 4.98 Å². The number of carbonyl (C=O) groups is 1. The highest BCUT2D eigenvalue weighted by atomic mass is 35.5. The van der Waals surface area contributed by atoms with Crippen molar-refractivity contribution in [3.8, 4) is 0 Å². The molecule has 8 heteroatoms. The van der Waals surface area contributed by atoms with Crippen LogP contribution >= 0.6 is 11.6 Å². The summed E-state index contributed by atoms with van der Waals surface area (Å²) in [5.41, 5.74) is 1.33. The minimum Gasteiger partial charge on any atom is -0.362 e. The lowest BCUT2D eigenvalue weighted by Crippen LogP contribution is -2.36. The zero-order valence-electron chi connectivity index (χ0n) is 18.2. The van der Waals surface area contributed by atoms with E-state index in [-0.39, 0.29) is 24.4 Å². The molecule has 1 aliphatic rings. The van der Waals surface area contributed by atoms with Crippen molar-refractivity contribution in [1.82, 2.24) is 15.3 Å². The summed E-state index contributed by atoms with van der Waals surface area (Å²) in [5, 5.41) is 7.67. The molecule has 32 heavy (non-hydrogen) atoms. The van der Waals surface area contributed by atoms with E-state index in [1.165, 1.54) is 6.07 Å². The van der Waals surface area contributed by atoms with Crippen molar-refractivity contribution in [2.75, 3.05) is 24.3 Å². The molecule has 0 radical (unpaired) electrons. The first-order chi connectivity index (χ1) is 15.4. The van der Waals surface area contributed by atoms with Crippen molar-refractivity contribution in [2.45, 2.75) is 38.3 Å². The molecule has 168 valence electrons. The van der Waals surface area contributed by atoms with Crippen molar-refractivity contribution < 1.29 is 9.18 Å². The molecule has 0 bridgehead atoms. The Kier molecular flexibility index (Phi) is 6.74. The molecule has 6 nitrogen and oxygen atoms in total. The van der Waals surface area contributed by atoms with Crippen LogP contribution in [0.3, 0.4) is 0 Å². The summed E-state index contributed by atoms with van der Waals surface area (Å²) < 4.78 is 13.9.